The Kier molecular flexibility index (Phi) is 5.45. The average Bonchev–Trinajstić information content (AvgIpc) is 2.67. The van der Waals surface area contributed by atoms with Crippen LogP contribution in [0.2, 0.25) is 0 Å². The molecule has 2 aromatic rings. The predicted molar refractivity (Wildman–Crippen MR) is 96.6 cm³/mol. The molecule has 1 heterocycles. The van der Waals surface area contributed by atoms with Gasteiger partial charge in [0.25, 0.3) is 0 Å². The minimum Gasteiger partial charge on any atom is -0.486 e. The second kappa shape index (κ2) is 7.77. The smallest absolute Gasteiger partial charge is 0.243 e. The van der Waals surface area contributed by atoms with Crippen molar-refractivity contribution >= 4 is 10.0 Å². The fourth-order valence-electron chi connectivity index (χ4n) is 2.81. The molecular formula is C19H20N2O4S. The molecule has 6 nitrogen and oxygen atoms in total. The lowest BCUT2D eigenvalue weighted by atomic mass is 10.2. The minimum atomic E-state index is -3.73. The van der Waals surface area contributed by atoms with E-state index in [4.69, 9.17) is 14.7 Å². The molecule has 1 unspecified atom stereocenters. The molecule has 1 aliphatic heterocycles. The Morgan fingerprint density at radius 1 is 1.19 bits per heavy atom. The SMILES string of the molecule is CCCN(CC1COc2ccccc2O1)S(=O)(=O)c1cccc(C#N)c1. The number of hydrogen-bond donors (Lipinski definition) is 0. The fourth-order valence-corrected chi connectivity index (χ4v) is 4.42. The first-order valence-corrected chi connectivity index (χ1v) is 9.87. The van der Waals surface area contributed by atoms with Gasteiger partial charge >= 0.3 is 0 Å². The van der Waals surface area contributed by atoms with Gasteiger partial charge in [-0.2, -0.15) is 9.57 Å². The Bertz CT molecular complexity index is 921. The Morgan fingerprint density at radius 2 is 1.96 bits per heavy atom. The van der Waals surface area contributed by atoms with Crippen molar-refractivity contribution in [2.24, 2.45) is 0 Å². The van der Waals surface area contributed by atoms with Crippen molar-refractivity contribution in [3.63, 3.8) is 0 Å². The summed E-state index contributed by atoms with van der Waals surface area (Å²) in [5.41, 5.74) is 0.314. The van der Waals surface area contributed by atoms with Crippen LogP contribution in [-0.2, 0) is 10.0 Å². The first-order valence-electron chi connectivity index (χ1n) is 8.43. The first-order chi connectivity index (χ1) is 12.5. The number of fused-ring (bicyclic) bond motifs is 1. The Hall–Kier alpha value is -2.56. The van der Waals surface area contributed by atoms with Crippen molar-refractivity contribution < 1.29 is 17.9 Å². The van der Waals surface area contributed by atoms with Crippen molar-refractivity contribution in [1.29, 1.82) is 5.26 Å². The second-order valence-electron chi connectivity index (χ2n) is 6.00. The highest BCUT2D eigenvalue weighted by atomic mass is 32.2. The average molecular weight is 372 g/mol. The van der Waals surface area contributed by atoms with Crippen molar-refractivity contribution in [2.75, 3.05) is 19.7 Å². The Labute approximate surface area is 153 Å². The third kappa shape index (κ3) is 3.82. The predicted octanol–water partition coefficient (Wildman–Crippen LogP) is 2.80. The van der Waals surface area contributed by atoms with Crippen LogP contribution < -0.4 is 9.47 Å². The van der Waals surface area contributed by atoms with Crippen molar-refractivity contribution in [2.45, 2.75) is 24.3 Å². The molecule has 1 aliphatic rings. The van der Waals surface area contributed by atoms with Crippen LogP contribution >= 0.6 is 0 Å². The molecule has 2 aromatic carbocycles. The van der Waals surface area contributed by atoms with Crippen LogP contribution in [-0.4, -0.2) is 38.5 Å². The van der Waals surface area contributed by atoms with E-state index in [1.54, 1.807) is 18.2 Å². The molecule has 26 heavy (non-hydrogen) atoms. The van der Waals surface area contributed by atoms with E-state index in [1.807, 2.05) is 31.2 Å². The molecule has 3 rings (SSSR count). The molecule has 0 fully saturated rings. The van der Waals surface area contributed by atoms with Gasteiger partial charge in [-0.3, -0.25) is 0 Å². The van der Waals surface area contributed by atoms with Crippen molar-refractivity contribution in [3.8, 4) is 17.6 Å². The van der Waals surface area contributed by atoms with Crippen LogP contribution in [0.15, 0.2) is 53.4 Å². The summed E-state index contributed by atoms with van der Waals surface area (Å²) < 4.78 is 39.0. The van der Waals surface area contributed by atoms with Gasteiger partial charge in [-0.15, -0.1) is 0 Å². The van der Waals surface area contributed by atoms with Crippen LogP contribution in [0, 0.1) is 11.3 Å². The van der Waals surface area contributed by atoms with Crippen LogP contribution in [0.1, 0.15) is 18.9 Å². The van der Waals surface area contributed by atoms with Crippen molar-refractivity contribution in [1.82, 2.24) is 4.31 Å². The largest absolute Gasteiger partial charge is 0.486 e. The molecular weight excluding hydrogens is 352 g/mol. The number of para-hydroxylation sites is 2. The van der Waals surface area contributed by atoms with Gasteiger partial charge in [-0.05, 0) is 36.8 Å². The number of hydrogen-bond acceptors (Lipinski definition) is 5. The maximum absolute atomic E-state index is 13.0. The summed E-state index contributed by atoms with van der Waals surface area (Å²) in [6.45, 7) is 2.74. The molecule has 136 valence electrons. The standard InChI is InChI=1S/C19H20N2O4S/c1-2-10-21(26(22,23)17-7-5-6-15(11-17)12-20)13-16-14-24-18-8-3-4-9-19(18)25-16/h3-9,11,16H,2,10,13-14H2,1H3. The molecule has 0 N–H and O–H groups in total. The summed E-state index contributed by atoms with van der Waals surface area (Å²) in [7, 11) is -3.73. The van der Waals surface area contributed by atoms with Gasteiger partial charge in [0.1, 0.15) is 12.7 Å². The zero-order valence-electron chi connectivity index (χ0n) is 14.5. The fraction of sp³-hybridized carbons (Fsp3) is 0.316. The lowest BCUT2D eigenvalue weighted by Gasteiger charge is -2.30. The quantitative estimate of drug-likeness (QED) is 0.779. The maximum Gasteiger partial charge on any atom is 0.243 e. The number of sulfonamides is 1. The molecule has 0 saturated carbocycles. The molecule has 7 heteroatoms. The van der Waals surface area contributed by atoms with E-state index in [0.717, 1.165) is 0 Å². The first kappa shape index (κ1) is 18.2. The number of nitrogens with zero attached hydrogens (tertiary/aromatic N) is 2. The highest BCUT2D eigenvalue weighted by Crippen LogP contribution is 2.31. The summed E-state index contributed by atoms with van der Waals surface area (Å²) in [5, 5.41) is 9.03. The maximum atomic E-state index is 13.0. The van der Waals surface area contributed by atoms with Gasteiger partial charge < -0.3 is 9.47 Å². The van der Waals surface area contributed by atoms with Crippen LogP contribution in [0.4, 0.5) is 0 Å². The minimum absolute atomic E-state index is 0.113. The third-order valence-electron chi connectivity index (χ3n) is 4.05. The van der Waals surface area contributed by atoms with E-state index in [2.05, 4.69) is 0 Å². The van der Waals surface area contributed by atoms with E-state index in [1.165, 1.54) is 16.4 Å². The molecule has 1 atom stereocenters. The third-order valence-corrected chi connectivity index (χ3v) is 5.91. The number of ether oxygens (including phenoxy) is 2. The van der Waals surface area contributed by atoms with Crippen LogP contribution in [0.25, 0.3) is 0 Å². The van der Waals surface area contributed by atoms with Gasteiger partial charge in [-0.25, -0.2) is 8.42 Å². The summed E-state index contributed by atoms with van der Waals surface area (Å²) in [6, 6.07) is 15.4. The highest BCUT2D eigenvalue weighted by molar-refractivity contribution is 7.89. The zero-order chi connectivity index (χ0) is 18.6. The normalized spacial score (nSPS) is 16.3. The topological polar surface area (TPSA) is 79.6 Å². The van der Waals surface area contributed by atoms with Gasteiger partial charge in [0.15, 0.2) is 11.5 Å². The molecule has 0 saturated heterocycles. The van der Waals surface area contributed by atoms with Gasteiger partial charge in [0.2, 0.25) is 10.0 Å². The lowest BCUT2D eigenvalue weighted by molar-refractivity contribution is 0.0764. The molecule has 0 bridgehead atoms. The molecule has 0 amide bonds. The van der Waals surface area contributed by atoms with Gasteiger partial charge in [-0.1, -0.05) is 25.1 Å². The summed E-state index contributed by atoms with van der Waals surface area (Å²) >= 11 is 0. The summed E-state index contributed by atoms with van der Waals surface area (Å²) in [5.74, 6) is 1.28. The highest BCUT2D eigenvalue weighted by Gasteiger charge is 2.30. The molecule has 0 radical (unpaired) electrons. The van der Waals surface area contributed by atoms with Gasteiger partial charge in [0.05, 0.1) is 23.1 Å². The Balaban J connectivity index is 1.82. The number of nitriles is 1. The van der Waals surface area contributed by atoms with E-state index in [0.29, 0.717) is 30.0 Å². The summed E-state index contributed by atoms with van der Waals surface area (Å²) in [4.78, 5) is 0.113. The second-order valence-corrected chi connectivity index (χ2v) is 7.94. The zero-order valence-corrected chi connectivity index (χ0v) is 15.3. The number of rotatable bonds is 6. The van der Waals surface area contributed by atoms with Crippen LogP contribution in [0.5, 0.6) is 11.5 Å². The molecule has 0 aromatic heterocycles. The van der Waals surface area contributed by atoms with Gasteiger partial charge in [0, 0.05) is 6.54 Å². The van der Waals surface area contributed by atoms with E-state index >= 15 is 0 Å². The number of benzene rings is 2. The molecule has 0 aliphatic carbocycles. The van der Waals surface area contributed by atoms with Crippen molar-refractivity contribution in [3.05, 3.63) is 54.1 Å². The van der Waals surface area contributed by atoms with E-state index in [9.17, 15) is 8.42 Å². The van der Waals surface area contributed by atoms with Crippen LogP contribution in [0.3, 0.4) is 0 Å². The van der Waals surface area contributed by atoms with E-state index < -0.39 is 16.1 Å². The lowest BCUT2D eigenvalue weighted by Crippen LogP contribution is -2.44. The Morgan fingerprint density at radius 3 is 2.69 bits per heavy atom. The summed E-state index contributed by atoms with van der Waals surface area (Å²) in [6.07, 6.45) is 0.270. The van der Waals surface area contributed by atoms with E-state index in [-0.39, 0.29) is 18.0 Å². The molecule has 0 spiro atoms. The monoisotopic (exact) mass is 372 g/mol.